The fraction of sp³-hybridized carbons (Fsp3) is 0.727. The van der Waals surface area contributed by atoms with Crippen LogP contribution in [0.25, 0.3) is 0 Å². The molecule has 1 aromatic heterocycles. The summed E-state index contributed by atoms with van der Waals surface area (Å²) in [6.45, 7) is 9.42. The third-order valence-corrected chi connectivity index (χ3v) is 2.99. The van der Waals surface area contributed by atoms with Crippen LogP contribution in [0.4, 0.5) is 0 Å². The molecule has 0 bridgehead atoms. The van der Waals surface area contributed by atoms with Crippen molar-refractivity contribution in [3.05, 3.63) is 16.1 Å². The molecule has 0 amide bonds. The zero-order chi connectivity index (χ0) is 11.1. The van der Waals surface area contributed by atoms with E-state index in [-0.39, 0.29) is 0 Å². The van der Waals surface area contributed by atoms with Crippen molar-refractivity contribution in [3.63, 3.8) is 0 Å². The number of nitrogens with zero attached hydrogens (tertiary/aromatic N) is 1. The van der Waals surface area contributed by atoms with Gasteiger partial charge in [0.05, 0.1) is 0 Å². The summed E-state index contributed by atoms with van der Waals surface area (Å²) in [5.41, 5.74) is 1.12. The van der Waals surface area contributed by atoms with E-state index in [1.807, 2.05) is 6.92 Å². The van der Waals surface area contributed by atoms with Crippen molar-refractivity contribution >= 4 is 11.3 Å². The summed E-state index contributed by atoms with van der Waals surface area (Å²) in [6, 6.07) is 0.589. The molecule has 1 aromatic rings. The highest BCUT2D eigenvalue weighted by Gasteiger charge is 1.97. The standard InChI is InChI=1S/C11H21N3S/c1-9(2)13-6-4-5-12-7-11-14-10(3)8-15-11/h8-9,12-13H,4-7H2,1-3H3. The van der Waals surface area contributed by atoms with Crippen molar-refractivity contribution in [2.45, 2.75) is 39.8 Å². The Bertz CT molecular complexity index is 271. The molecule has 0 aliphatic heterocycles. The molecule has 0 saturated carbocycles. The minimum Gasteiger partial charge on any atom is -0.314 e. The van der Waals surface area contributed by atoms with Gasteiger partial charge in [-0.25, -0.2) is 4.98 Å². The third kappa shape index (κ3) is 5.87. The van der Waals surface area contributed by atoms with Crippen LogP contribution in [-0.2, 0) is 6.54 Å². The Kier molecular flexibility index (Phi) is 5.83. The van der Waals surface area contributed by atoms with Crippen molar-refractivity contribution in [2.75, 3.05) is 13.1 Å². The summed E-state index contributed by atoms with van der Waals surface area (Å²) in [5, 5.41) is 10.1. The lowest BCUT2D eigenvalue weighted by molar-refractivity contribution is 0.547. The first kappa shape index (κ1) is 12.6. The van der Waals surface area contributed by atoms with Crippen LogP contribution in [0.1, 0.15) is 31.0 Å². The fourth-order valence-electron chi connectivity index (χ4n) is 1.28. The molecule has 0 unspecified atom stereocenters. The molecule has 0 aliphatic carbocycles. The highest BCUT2D eigenvalue weighted by atomic mass is 32.1. The molecule has 1 heterocycles. The average molecular weight is 227 g/mol. The van der Waals surface area contributed by atoms with Crippen LogP contribution in [0.5, 0.6) is 0 Å². The van der Waals surface area contributed by atoms with E-state index in [1.165, 1.54) is 11.4 Å². The van der Waals surface area contributed by atoms with Crippen LogP contribution in [0.15, 0.2) is 5.38 Å². The summed E-state index contributed by atoms with van der Waals surface area (Å²) >= 11 is 1.73. The molecule has 0 atom stereocenters. The van der Waals surface area contributed by atoms with Crippen LogP contribution in [0, 0.1) is 6.92 Å². The predicted molar refractivity (Wildman–Crippen MR) is 66.3 cm³/mol. The Balaban J connectivity index is 1.98. The normalized spacial score (nSPS) is 11.2. The quantitative estimate of drug-likeness (QED) is 0.699. The zero-order valence-corrected chi connectivity index (χ0v) is 10.7. The van der Waals surface area contributed by atoms with Gasteiger partial charge in [-0.3, -0.25) is 0 Å². The van der Waals surface area contributed by atoms with Gasteiger partial charge in [0.1, 0.15) is 5.01 Å². The monoisotopic (exact) mass is 227 g/mol. The van der Waals surface area contributed by atoms with E-state index in [9.17, 15) is 0 Å². The van der Waals surface area contributed by atoms with Crippen LogP contribution >= 0.6 is 11.3 Å². The van der Waals surface area contributed by atoms with Gasteiger partial charge in [0.15, 0.2) is 0 Å². The summed E-state index contributed by atoms with van der Waals surface area (Å²) in [4.78, 5) is 4.40. The first-order valence-corrected chi connectivity index (χ1v) is 6.41. The van der Waals surface area contributed by atoms with E-state index in [0.717, 1.165) is 25.3 Å². The first-order chi connectivity index (χ1) is 7.18. The van der Waals surface area contributed by atoms with Gasteiger partial charge in [0, 0.05) is 23.7 Å². The molecule has 0 aliphatic rings. The van der Waals surface area contributed by atoms with Gasteiger partial charge in [0.2, 0.25) is 0 Å². The van der Waals surface area contributed by atoms with Crippen LogP contribution in [0.3, 0.4) is 0 Å². The van der Waals surface area contributed by atoms with E-state index in [0.29, 0.717) is 6.04 Å². The number of rotatable bonds is 7. The number of thiazole rings is 1. The van der Waals surface area contributed by atoms with Crippen LogP contribution < -0.4 is 10.6 Å². The molecular weight excluding hydrogens is 206 g/mol. The van der Waals surface area contributed by atoms with Gasteiger partial charge in [-0.1, -0.05) is 13.8 Å². The fourth-order valence-corrected chi connectivity index (χ4v) is 2.02. The van der Waals surface area contributed by atoms with E-state index in [2.05, 4.69) is 34.8 Å². The summed E-state index contributed by atoms with van der Waals surface area (Å²) in [7, 11) is 0. The van der Waals surface area contributed by atoms with Crippen molar-refractivity contribution < 1.29 is 0 Å². The Morgan fingerprint density at radius 2 is 2.20 bits per heavy atom. The van der Waals surface area contributed by atoms with E-state index < -0.39 is 0 Å². The molecule has 1 rings (SSSR count). The SMILES string of the molecule is Cc1csc(CNCCCNC(C)C)n1. The molecule has 0 fully saturated rings. The number of aromatic nitrogens is 1. The second-order valence-corrected chi connectivity index (χ2v) is 4.96. The molecule has 0 radical (unpaired) electrons. The minimum atomic E-state index is 0.589. The molecule has 3 nitrogen and oxygen atoms in total. The second-order valence-electron chi connectivity index (χ2n) is 4.02. The van der Waals surface area contributed by atoms with Gasteiger partial charge < -0.3 is 10.6 Å². The smallest absolute Gasteiger partial charge is 0.107 e. The summed E-state index contributed by atoms with van der Waals surface area (Å²) in [5.74, 6) is 0. The molecule has 0 spiro atoms. The average Bonchev–Trinajstić information content (AvgIpc) is 2.57. The van der Waals surface area contributed by atoms with Gasteiger partial charge in [0.25, 0.3) is 0 Å². The van der Waals surface area contributed by atoms with Gasteiger partial charge in [-0.2, -0.15) is 0 Å². The largest absolute Gasteiger partial charge is 0.314 e. The predicted octanol–water partition coefficient (Wildman–Crippen LogP) is 1.93. The maximum absolute atomic E-state index is 4.40. The first-order valence-electron chi connectivity index (χ1n) is 5.53. The molecule has 2 N–H and O–H groups in total. The molecular formula is C11H21N3S. The van der Waals surface area contributed by atoms with Crippen LogP contribution in [0.2, 0.25) is 0 Å². The van der Waals surface area contributed by atoms with E-state index in [4.69, 9.17) is 0 Å². The highest BCUT2D eigenvalue weighted by molar-refractivity contribution is 7.09. The summed E-state index contributed by atoms with van der Waals surface area (Å²) < 4.78 is 0. The van der Waals surface area contributed by atoms with Gasteiger partial charge in [-0.05, 0) is 26.4 Å². The second kappa shape index (κ2) is 6.93. The number of hydrogen-bond donors (Lipinski definition) is 2. The Hall–Kier alpha value is -0.450. The third-order valence-electron chi connectivity index (χ3n) is 2.03. The van der Waals surface area contributed by atoms with Crippen molar-refractivity contribution in [1.29, 1.82) is 0 Å². The minimum absolute atomic E-state index is 0.589. The van der Waals surface area contributed by atoms with Crippen LogP contribution in [-0.4, -0.2) is 24.1 Å². The molecule has 4 heteroatoms. The van der Waals surface area contributed by atoms with Gasteiger partial charge >= 0.3 is 0 Å². The Labute approximate surface area is 96.3 Å². The molecule has 0 aromatic carbocycles. The number of aryl methyl sites for hydroxylation is 1. The lowest BCUT2D eigenvalue weighted by atomic mass is 10.3. The van der Waals surface area contributed by atoms with Crippen molar-refractivity contribution in [2.24, 2.45) is 0 Å². The number of nitrogens with one attached hydrogen (secondary N) is 2. The molecule has 86 valence electrons. The molecule has 0 saturated heterocycles. The zero-order valence-electron chi connectivity index (χ0n) is 9.84. The lowest BCUT2D eigenvalue weighted by Gasteiger charge is -2.07. The van der Waals surface area contributed by atoms with Crippen molar-refractivity contribution in [1.82, 2.24) is 15.6 Å². The maximum Gasteiger partial charge on any atom is 0.107 e. The summed E-state index contributed by atoms with van der Waals surface area (Å²) in [6.07, 6.45) is 1.17. The number of hydrogen-bond acceptors (Lipinski definition) is 4. The van der Waals surface area contributed by atoms with E-state index >= 15 is 0 Å². The maximum atomic E-state index is 4.40. The topological polar surface area (TPSA) is 37.0 Å². The Morgan fingerprint density at radius 1 is 1.40 bits per heavy atom. The Morgan fingerprint density at radius 3 is 2.80 bits per heavy atom. The highest BCUT2D eigenvalue weighted by Crippen LogP contribution is 2.07. The van der Waals surface area contributed by atoms with Crippen molar-refractivity contribution in [3.8, 4) is 0 Å². The van der Waals surface area contributed by atoms with E-state index in [1.54, 1.807) is 11.3 Å². The molecule has 15 heavy (non-hydrogen) atoms. The van der Waals surface area contributed by atoms with Gasteiger partial charge in [-0.15, -0.1) is 11.3 Å². The lowest BCUT2D eigenvalue weighted by Crippen LogP contribution is -2.26.